The van der Waals surface area contributed by atoms with Crippen molar-refractivity contribution in [3.05, 3.63) is 78.8 Å². The van der Waals surface area contributed by atoms with Gasteiger partial charge in [0.15, 0.2) is 0 Å². The Bertz CT molecular complexity index is 1170. The Morgan fingerprint density at radius 2 is 1.91 bits per heavy atom. The molecule has 0 atom stereocenters. The maximum Gasteiger partial charge on any atom is 0.257 e. The molecule has 0 saturated carbocycles. The lowest BCUT2D eigenvalue weighted by atomic mass is 10.0. The number of rotatable bonds is 6. The highest BCUT2D eigenvalue weighted by Gasteiger charge is 2.15. The van der Waals surface area contributed by atoms with E-state index in [9.17, 15) is 4.79 Å². The van der Waals surface area contributed by atoms with Crippen LogP contribution in [0, 0.1) is 0 Å². The Labute approximate surface area is 188 Å². The zero-order valence-electron chi connectivity index (χ0n) is 18.4. The first-order chi connectivity index (χ1) is 15.5. The number of amides is 1. The Morgan fingerprint density at radius 1 is 1.09 bits per heavy atom. The highest BCUT2D eigenvalue weighted by molar-refractivity contribution is 6.05. The minimum Gasteiger partial charge on any atom is -0.383 e. The number of fused-ring (bicyclic) bond motifs is 1. The van der Waals surface area contributed by atoms with Crippen molar-refractivity contribution in [1.82, 2.24) is 14.9 Å². The van der Waals surface area contributed by atoms with Gasteiger partial charge in [-0.05, 0) is 40.8 Å². The largest absolute Gasteiger partial charge is 0.383 e. The predicted molar refractivity (Wildman–Crippen MR) is 129 cm³/mol. The smallest absolute Gasteiger partial charge is 0.257 e. The molecule has 0 unspecified atom stereocenters. The van der Waals surface area contributed by atoms with Crippen molar-refractivity contribution in [2.24, 2.45) is 0 Å². The van der Waals surface area contributed by atoms with Gasteiger partial charge in [-0.15, -0.1) is 0 Å². The van der Waals surface area contributed by atoms with Gasteiger partial charge in [-0.25, -0.2) is 9.97 Å². The number of allylic oxidation sites excluding steroid dienone is 2. The fourth-order valence-electron chi connectivity index (χ4n) is 3.63. The Morgan fingerprint density at radius 3 is 2.66 bits per heavy atom. The second kappa shape index (κ2) is 9.62. The SMILES string of the molecule is C=C/C(=C\N(C)C)c1ccc2cnc(NC(=O)c3ccnc(N4CCOCC4)c3)cc2c1. The highest BCUT2D eigenvalue weighted by atomic mass is 16.5. The van der Waals surface area contributed by atoms with Crippen LogP contribution in [0.3, 0.4) is 0 Å². The lowest BCUT2D eigenvalue weighted by molar-refractivity contribution is 0.102. The Balaban J connectivity index is 1.56. The zero-order chi connectivity index (χ0) is 22.5. The first-order valence-electron chi connectivity index (χ1n) is 10.5. The lowest BCUT2D eigenvalue weighted by Gasteiger charge is -2.27. The summed E-state index contributed by atoms with van der Waals surface area (Å²) in [5, 5.41) is 4.90. The van der Waals surface area contributed by atoms with Gasteiger partial charge in [0.1, 0.15) is 11.6 Å². The summed E-state index contributed by atoms with van der Waals surface area (Å²) in [4.78, 5) is 25.8. The van der Waals surface area contributed by atoms with Crippen LogP contribution >= 0.6 is 0 Å². The molecule has 4 rings (SSSR count). The fourth-order valence-corrected chi connectivity index (χ4v) is 3.63. The van der Waals surface area contributed by atoms with E-state index in [1.54, 1.807) is 18.5 Å². The molecule has 1 amide bonds. The average molecular weight is 430 g/mol. The second-order valence-corrected chi connectivity index (χ2v) is 7.84. The molecule has 1 aliphatic rings. The normalized spacial score (nSPS) is 14.3. The molecule has 0 bridgehead atoms. The van der Waals surface area contributed by atoms with Crippen LogP contribution in [-0.4, -0.2) is 61.2 Å². The van der Waals surface area contributed by atoms with Gasteiger partial charge >= 0.3 is 0 Å². The summed E-state index contributed by atoms with van der Waals surface area (Å²) in [7, 11) is 3.96. The molecule has 3 aromatic rings. The van der Waals surface area contributed by atoms with Crippen molar-refractivity contribution in [1.29, 1.82) is 0 Å². The van der Waals surface area contributed by atoms with E-state index >= 15 is 0 Å². The van der Waals surface area contributed by atoms with Gasteiger partial charge in [-0.1, -0.05) is 24.8 Å². The molecule has 7 nitrogen and oxygen atoms in total. The minimum absolute atomic E-state index is 0.218. The molecule has 2 aromatic heterocycles. The van der Waals surface area contributed by atoms with Gasteiger partial charge in [0, 0.05) is 56.7 Å². The van der Waals surface area contributed by atoms with Crippen LogP contribution in [0.25, 0.3) is 16.3 Å². The molecule has 1 aliphatic heterocycles. The van der Waals surface area contributed by atoms with Crippen molar-refractivity contribution in [2.45, 2.75) is 0 Å². The van der Waals surface area contributed by atoms with Gasteiger partial charge in [0.2, 0.25) is 0 Å². The van der Waals surface area contributed by atoms with Gasteiger partial charge in [0.05, 0.1) is 13.2 Å². The number of pyridine rings is 2. The predicted octanol–water partition coefficient (Wildman–Crippen LogP) is 3.81. The molecule has 7 heteroatoms. The molecule has 1 saturated heterocycles. The molecule has 1 aromatic carbocycles. The molecule has 0 aliphatic carbocycles. The molecule has 164 valence electrons. The topological polar surface area (TPSA) is 70.6 Å². The van der Waals surface area contributed by atoms with Crippen LogP contribution in [0.5, 0.6) is 0 Å². The number of ether oxygens (including phenoxy) is 1. The number of morpholine rings is 1. The van der Waals surface area contributed by atoms with Gasteiger partial charge in [-0.3, -0.25) is 4.79 Å². The van der Waals surface area contributed by atoms with Crippen molar-refractivity contribution in [3.8, 4) is 0 Å². The number of hydrogen-bond donors (Lipinski definition) is 1. The molecule has 1 fully saturated rings. The molecular weight excluding hydrogens is 402 g/mol. The number of benzene rings is 1. The molecule has 32 heavy (non-hydrogen) atoms. The molecule has 3 heterocycles. The van der Waals surface area contributed by atoms with Crippen molar-refractivity contribution >= 4 is 33.9 Å². The maximum atomic E-state index is 12.9. The number of carbonyl (C=O) groups is 1. The third-order valence-corrected chi connectivity index (χ3v) is 5.26. The van der Waals surface area contributed by atoms with E-state index < -0.39 is 0 Å². The summed E-state index contributed by atoms with van der Waals surface area (Å²) in [6.45, 7) is 6.78. The summed E-state index contributed by atoms with van der Waals surface area (Å²) in [5.74, 6) is 1.06. The number of carbonyl (C=O) groups excluding carboxylic acids is 1. The van der Waals surface area contributed by atoms with Crippen LogP contribution in [0.2, 0.25) is 0 Å². The number of nitrogens with one attached hydrogen (secondary N) is 1. The van der Waals surface area contributed by atoms with Gasteiger partial charge < -0.3 is 19.9 Å². The molecule has 1 N–H and O–H groups in total. The number of aromatic nitrogens is 2. The van der Waals surface area contributed by atoms with Crippen LogP contribution in [0.4, 0.5) is 11.6 Å². The summed E-state index contributed by atoms with van der Waals surface area (Å²) in [6, 6.07) is 11.5. The fraction of sp³-hybridized carbons (Fsp3) is 0.240. The summed E-state index contributed by atoms with van der Waals surface area (Å²) in [5.41, 5.74) is 2.61. The summed E-state index contributed by atoms with van der Waals surface area (Å²) in [6.07, 6.45) is 7.28. The van der Waals surface area contributed by atoms with Crippen molar-refractivity contribution < 1.29 is 9.53 Å². The van der Waals surface area contributed by atoms with E-state index in [1.165, 1.54) is 0 Å². The lowest BCUT2D eigenvalue weighted by Crippen LogP contribution is -2.36. The first-order valence-corrected chi connectivity index (χ1v) is 10.5. The van der Waals surface area contributed by atoms with Crippen molar-refractivity contribution in [2.75, 3.05) is 50.6 Å². The van der Waals surface area contributed by atoms with Gasteiger partial charge in [0.25, 0.3) is 5.91 Å². The van der Waals surface area contributed by atoms with Crippen LogP contribution in [0.1, 0.15) is 15.9 Å². The third-order valence-electron chi connectivity index (χ3n) is 5.26. The van der Waals surface area contributed by atoms with E-state index in [0.717, 1.165) is 40.8 Å². The third kappa shape index (κ3) is 4.95. The average Bonchev–Trinajstić information content (AvgIpc) is 2.82. The Hall–Kier alpha value is -3.71. The van der Waals surface area contributed by atoms with Crippen LogP contribution in [0.15, 0.2) is 67.6 Å². The second-order valence-electron chi connectivity index (χ2n) is 7.84. The summed E-state index contributed by atoms with van der Waals surface area (Å²) < 4.78 is 5.39. The number of anilines is 2. The maximum absolute atomic E-state index is 12.9. The van der Waals surface area contributed by atoms with E-state index in [-0.39, 0.29) is 5.91 Å². The van der Waals surface area contributed by atoms with Gasteiger partial charge in [-0.2, -0.15) is 0 Å². The van der Waals surface area contributed by atoms with Crippen LogP contribution < -0.4 is 10.2 Å². The summed E-state index contributed by atoms with van der Waals surface area (Å²) >= 11 is 0. The first kappa shape index (κ1) is 21.5. The minimum atomic E-state index is -0.218. The van der Waals surface area contributed by atoms with E-state index in [0.29, 0.717) is 24.6 Å². The molecule has 0 spiro atoms. The number of nitrogens with zero attached hydrogens (tertiary/aromatic N) is 4. The van der Waals surface area contributed by atoms with E-state index in [4.69, 9.17) is 4.74 Å². The number of hydrogen-bond acceptors (Lipinski definition) is 6. The quantitative estimate of drug-likeness (QED) is 0.601. The van der Waals surface area contributed by atoms with Crippen LogP contribution in [-0.2, 0) is 4.74 Å². The molecular formula is C25H27N5O2. The standard InChI is InChI=1S/C25H27N5O2/c1-4-18(17-29(2)3)19-5-6-21-16-27-23(14-22(21)13-19)28-25(31)20-7-8-26-24(15-20)30-9-11-32-12-10-30/h4-8,13-17H,1,9-12H2,2-3H3,(H,27,28,31)/b18-17+. The van der Waals surface area contributed by atoms with E-state index in [1.807, 2.05) is 55.5 Å². The molecule has 0 radical (unpaired) electrons. The highest BCUT2D eigenvalue weighted by Crippen LogP contribution is 2.24. The van der Waals surface area contributed by atoms with E-state index in [2.05, 4.69) is 32.8 Å². The Kier molecular flexibility index (Phi) is 6.47. The monoisotopic (exact) mass is 429 g/mol. The van der Waals surface area contributed by atoms with Crippen molar-refractivity contribution in [3.63, 3.8) is 0 Å². The zero-order valence-corrected chi connectivity index (χ0v) is 18.4.